The fraction of sp³-hybridized carbons (Fsp3) is 0.250. The standard InChI is InChI=1S/C16H13BrF3N3O3S/c17-12-2-4-14(21-8-12)22-27(25,26)13-3-1-10-5-6-23(9-11(10)7-13)15(24)16(18,19)20/h1-4,7-8H,5-6,9H2,(H,21,22). The highest BCUT2D eigenvalue weighted by molar-refractivity contribution is 9.10. The number of carbonyl (C=O) groups is 1. The van der Waals surface area contributed by atoms with Crippen LogP contribution in [0.4, 0.5) is 19.0 Å². The lowest BCUT2D eigenvalue weighted by molar-refractivity contribution is -0.186. The number of alkyl halides is 3. The van der Waals surface area contributed by atoms with Gasteiger partial charge in [0.15, 0.2) is 0 Å². The fourth-order valence-electron chi connectivity index (χ4n) is 2.69. The van der Waals surface area contributed by atoms with Crippen molar-refractivity contribution in [3.63, 3.8) is 0 Å². The fourth-order valence-corrected chi connectivity index (χ4v) is 3.98. The number of rotatable bonds is 3. The molecule has 0 fully saturated rings. The highest BCUT2D eigenvalue weighted by Gasteiger charge is 2.43. The molecule has 0 spiro atoms. The summed E-state index contributed by atoms with van der Waals surface area (Å²) < 4.78 is 66.0. The van der Waals surface area contributed by atoms with Gasteiger partial charge in [-0.25, -0.2) is 13.4 Å². The van der Waals surface area contributed by atoms with E-state index in [9.17, 15) is 26.4 Å². The molecule has 1 aliphatic heterocycles. The quantitative estimate of drug-likeness (QED) is 0.758. The Hall–Kier alpha value is -2.14. The third-order valence-electron chi connectivity index (χ3n) is 4.00. The molecule has 27 heavy (non-hydrogen) atoms. The van der Waals surface area contributed by atoms with Crippen molar-refractivity contribution in [2.75, 3.05) is 11.3 Å². The van der Waals surface area contributed by atoms with Gasteiger partial charge in [-0.1, -0.05) is 6.07 Å². The number of amides is 1. The molecule has 144 valence electrons. The zero-order chi connectivity index (χ0) is 19.8. The van der Waals surface area contributed by atoms with Gasteiger partial charge in [-0.15, -0.1) is 0 Å². The van der Waals surface area contributed by atoms with Crippen LogP contribution in [0, 0.1) is 0 Å². The van der Waals surface area contributed by atoms with Gasteiger partial charge in [0.2, 0.25) is 0 Å². The first-order chi connectivity index (χ1) is 12.6. The van der Waals surface area contributed by atoms with Gasteiger partial charge < -0.3 is 4.90 Å². The first kappa shape index (κ1) is 19.6. The summed E-state index contributed by atoms with van der Waals surface area (Å²) in [5.74, 6) is -1.83. The summed E-state index contributed by atoms with van der Waals surface area (Å²) in [4.78, 5) is 15.9. The van der Waals surface area contributed by atoms with E-state index in [4.69, 9.17) is 0 Å². The molecule has 2 aromatic rings. The van der Waals surface area contributed by atoms with Crippen LogP contribution in [-0.4, -0.2) is 36.9 Å². The Kier molecular flexibility index (Phi) is 5.17. The number of hydrogen-bond acceptors (Lipinski definition) is 4. The second-order valence-corrected chi connectivity index (χ2v) is 8.47. The van der Waals surface area contributed by atoms with Crippen LogP contribution in [0.1, 0.15) is 11.1 Å². The molecule has 0 bridgehead atoms. The van der Waals surface area contributed by atoms with Gasteiger partial charge in [0.05, 0.1) is 4.90 Å². The van der Waals surface area contributed by atoms with Gasteiger partial charge in [-0.05, 0) is 57.7 Å². The van der Waals surface area contributed by atoms with Crippen LogP contribution in [0.3, 0.4) is 0 Å². The van der Waals surface area contributed by atoms with Gasteiger partial charge in [0.25, 0.3) is 10.0 Å². The number of fused-ring (bicyclic) bond motifs is 1. The minimum Gasteiger partial charge on any atom is -0.330 e. The van der Waals surface area contributed by atoms with Crippen LogP contribution in [0.25, 0.3) is 0 Å². The lowest BCUT2D eigenvalue weighted by Gasteiger charge is -2.29. The molecule has 1 aromatic heterocycles. The maximum atomic E-state index is 12.6. The summed E-state index contributed by atoms with van der Waals surface area (Å²) in [5, 5.41) is 0. The average molecular weight is 464 g/mol. The smallest absolute Gasteiger partial charge is 0.330 e. The third-order valence-corrected chi connectivity index (χ3v) is 5.82. The number of nitrogens with zero attached hydrogens (tertiary/aromatic N) is 2. The van der Waals surface area contributed by atoms with Crippen molar-refractivity contribution >= 4 is 37.7 Å². The zero-order valence-electron chi connectivity index (χ0n) is 13.6. The highest BCUT2D eigenvalue weighted by atomic mass is 79.9. The third kappa shape index (κ3) is 4.41. The molecule has 1 aromatic carbocycles. The Morgan fingerprint density at radius 2 is 1.93 bits per heavy atom. The van der Waals surface area contributed by atoms with E-state index in [0.717, 1.165) is 0 Å². The van der Waals surface area contributed by atoms with Crippen LogP contribution >= 0.6 is 15.9 Å². The van der Waals surface area contributed by atoms with Crippen LogP contribution < -0.4 is 4.72 Å². The number of carbonyl (C=O) groups excluding carboxylic acids is 1. The highest BCUT2D eigenvalue weighted by Crippen LogP contribution is 2.27. The molecule has 2 heterocycles. The molecule has 1 aliphatic rings. The number of pyridine rings is 1. The number of nitrogens with one attached hydrogen (secondary N) is 1. The SMILES string of the molecule is O=C(N1CCc2ccc(S(=O)(=O)Nc3ccc(Br)cn3)cc2C1)C(F)(F)F. The predicted molar refractivity (Wildman–Crippen MR) is 94.4 cm³/mol. The Bertz CT molecular complexity index is 979. The first-order valence-corrected chi connectivity index (χ1v) is 9.96. The second kappa shape index (κ2) is 7.12. The Balaban J connectivity index is 1.85. The number of anilines is 1. The number of benzene rings is 1. The largest absolute Gasteiger partial charge is 0.471 e. The molecule has 1 amide bonds. The normalized spacial score (nSPS) is 14.6. The summed E-state index contributed by atoms with van der Waals surface area (Å²) in [5.41, 5.74) is 1.08. The van der Waals surface area contributed by atoms with E-state index in [1.54, 1.807) is 12.1 Å². The number of hydrogen-bond donors (Lipinski definition) is 1. The zero-order valence-corrected chi connectivity index (χ0v) is 16.0. The molecule has 1 N–H and O–H groups in total. The van der Waals surface area contributed by atoms with E-state index >= 15 is 0 Å². The monoisotopic (exact) mass is 463 g/mol. The molecule has 0 aliphatic carbocycles. The molecular weight excluding hydrogens is 451 g/mol. The molecule has 0 unspecified atom stereocenters. The minimum atomic E-state index is -4.96. The summed E-state index contributed by atoms with van der Waals surface area (Å²) in [6.45, 7) is -0.369. The van der Waals surface area contributed by atoms with E-state index in [1.165, 1.54) is 24.4 Å². The second-order valence-electron chi connectivity index (χ2n) is 5.87. The van der Waals surface area contributed by atoms with E-state index in [2.05, 4.69) is 25.6 Å². The number of aromatic nitrogens is 1. The van der Waals surface area contributed by atoms with Gasteiger partial charge in [-0.3, -0.25) is 9.52 Å². The van der Waals surface area contributed by atoms with Gasteiger partial charge in [0, 0.05) is 23.8 Å². The molecule has 0 saturated heterocycles. The summed E-state index contributed by atoms with van der Waals surface area (Å²) in [6, 6.07) is 7.28. The lowest BCUT2D eigenvalue weighted by atomic mass is 10.00. The van der Waals surface area contributed by atoms with Gasteiger partial charge >= 0.3 is 12.1 Å². The van der Waals surface area contributed by atoms with Crippen LogP contribution in [-0.2, 0) is 27.8 Å². The van der Waals surface area contributed by atoms with Crippen molar-refractivity contribution in [3.8, 4) is 0 Å². The Morgan fingerprint density at radius 3 is 2.56 bits per heavy atom. The number of halogens is 4. The summed E-state index contributed by atoms with van der Waals surface area (Å²) in [7, 11) is -3.98. The van der Waals surface area contributed by atoms with Crippen molar-refractivity contribution < 1.29 is 26.4 Å². The van der Waals surface area contributed by atoms with E-state index in [1.807, 2.05) is 0 Å². The minimum absolute atomic E-state index is 0.0709. The maximum Gasteiger partial charge on any atom is 0.471 e. The summed E-state index contributed by atoms with van der Waals surface area (Å²) in [6.07, 6.45) is -3.32. The molecule has 6 nitrogen and oxygen atoms in total. The van der Waals surface area contributed by atoms with Crippen molar-refractivity contribution in [2.24, 2.45) is 0 Å². The van der Waals surface area contributed by atoms with Gasteiger partial charge in [-0.2, -0.15) is 13.2 Å². The van der Waals surface area contributed by atoms with Crippen molar-refractivity contribution in [1.29, 1.82) is 0 Å². The topological polar surface area (TPSA) is 79.4 Å². The predicted octanol–water partition coefficient (Wildman–Crippen LogP) is 3.09. The van der Waals surface area contributed by atoms with Crippen LogP contribution in [0.5, 0.6) is 0 Å². The van der Waals surface area contributed by atoms with Crippen molar-refractivity contribution in [1.82, 2.24) is 9.88 Å². The van der Waals surface area contributed by atoms with E-state index in [0.29, 0.717) is 20.5 Å². The lowest BCUT2D eigenvalue weighted by Crippen LogP contribution is -2.43. The average Bonchev–Trinajstić information content (AvgIpc) is 2.61. The first-order valence-electron chi connectivity index (χ1n) is 7.68. The van der Waals surface area contributed by atoms with Crippen LogP contribution in [0.15, 0.2) is 45.9 Å². The Morgan fingerprint density at radius 1 is 1.19 bits per heavy atom. The van der Waals surface area contributed by atoms with Crippen LogP contribution in [0.2, 0.25) is 0 Å². The van der Waals surface area contributed by atoms with E-state index < -0.39 is 22.1 Å². The molecule has 11 heteroatoms. The van der Waals surface area contributed by atoms with Crippen molar-refractivity contribution in [3.05, 3.63) is 52.1 Å². The Labute approximate surface area is 161 Å². The number of sulfonamides is 1. The molecule has 0 radical (unpaired) electrons. The molecule has 0 atom stereocenters. The maximum absolute atomic E-state index is 12.6. The molecular formula is C16H13BrF3N3O3S. The van der Waals surface area contributed by atoms with E-state index in [-0.39, 0.29) is 30.2 Å². The van der Waals surface area contributed by atoms with Gasteiger partial charge in [0.1, 0.15) is 5.82 Å². The molecule has 0 saturated carbocycles. The van der Waals surface area contributed by atoms with Crippen molar-refractivity contribution in [2.45, 2.75) is 24.0 Å². The molecule has 3 rings (SSSR count). The summed E-state index contributed by atoms with van der Waals surface area (Å²) >= 11 is 3.19.